The Morgan fingerprint density at radius 3 is 2.27 bits per heavy atom. The Morgan fingerprint density at radius 2 is 1.64 bits per heavy atom. The zero-order chi connectivity index (χ0) is 23.6. The molecular weight excluding hydrogens is 467 g/mol. The summed E-state index contributed by atoms with van der Waals surface area (Å²) in [5.41, 5.74) is 1.46. The smallest absolute Gasteiger partial charge is 0.264 e. The van der Waals surface area contributed by atoms with Crippen LogP contribution < -0.4 is 9.21 Å². The molecule has 172 valence electrons. The molecule has 0 N–H and O–H groups in total. The van der Waals surface area contributed by atoms with E-state index in [1.807, 2.05) is 12.1 Å². The Balaban J connectivity index is 1.53. The lowest BCUT2D eigenvalue weighted by atomic mass is 10.1. The molecule has 2 aromatic carbocycles. The van der Waals surface area contributed by atoms with E-state index in [2.05, 4.69) is 9.88 Å². The van der Waals surface area contributed by atoms with Gasteiger partial charge >= 0.3 is 0 Å². The van der Waals surface area contributed by atoms with E-state index in [1.165, 1.54) is 49.5 Å². The number of hydrogen-bond donors (Lipinski definition) is 0. The number of carbonyl (C=O) groups excluding carboxylic acids is 1. The fourth-order valence-corrected chi connectivity index (χ4v) is 5.09. The molecule has 0 aliphatic carbocycles. The van der Waals surface area contributed by atoms with Crippen molar-refractivity contribution in [2.45, 2.75) is 4.90 Å². The van der Waals surface area contributed by atoms with Crippen LogP contribution in [-0.4, -0.2) is 57.4 Å². The third kappa shape index (κ3) is 4.79. The summed E-state index contributed by atoms with van der Waals surface area (Å²) < 4.78 is 40.5. The number of aromatic nitrogens is 1. The van der Waals surface area contributed by atoms with Gasteiger partial charge in [0.15, 0.2) is 0 Å². The van der Waals surface area contributed by atoms with Crippen LogP contribution in [0.15, 0.2) is 71.9 Å². The zero-order valence-corrected chi connectivity index (χ0v) is 19.4. The number of pyridine rings is 1. The molecule has 0 bridgehead atoms. The van der Waals surface area contributed by atoms with Crippen LogP contribution in [0.1, 0.15) is 10.4 Å². The summed E-state index contributed by atoms with van der Waals surface area (Å²) in [5, 5.41) is 0.181. The monoisotopic (exact) mass is 488 g/mol. The lowest BCUT2D eigenvalue weighted by Gasteiger charge is -2.36. The van der Waals surface area contributed by atoms with Crippen molar-refractivity contribution in [3.05, 3.63) is 83.4 Å². The standard InChI is InChI=1S/C23H22ClFN4O3S/c1-27(18-4-2-17(25)3-5-18)33(31,32)20-6-7-22(24)21(16-20)23(30)29-14-12-28(13-15-29)19-8-10-26-11-9-19/h2-11,16H,12-15H2,1H3. The molecule has 1 saturated heterocycles. The molecule has 1 aliphatic heterocycles. The SMILES string of the molecule is CN(c1ccc(F)cc1)S(=O)(=O)c1ccc(Cl)c(C(=O)N2CCN(c3ccncc3)CC2)c1. The van der Waals surface area contributed by atoms with Crippen LogP contribution in [0.3, 0.4) is 0 Å². The molecule has 3 aromatic rings. The molecular formula is C23H22ClFN4O3S. The van der Waals surface area contributed by atoms with E-state index in [9.17, 15) is 17.6 Å². The van der Waals surface area contributed by atoms with E-state index < -0.39 is 15.8 Å². The summed E-state index contributed by atoms with van der Waals surface area (Å²) in [6.45, 7) is 2.23. The quantitative estimate of drug-likeness (QED) is 0.548. The van der Waals surface area contributed by atoms with Gasteiger partial charge in [-0.3, -0.25) is 14.1 Å². The number of halogens is 2. The number of rotatable bonds is 5. The minimum Gasteiger partial charge on any atom is -0.368 e. The second kappa shape index (κ2) is 9.36. The maximum Gasteiger partial charge on any atom is 0.264 e. The Hall–Kier alpha value is -3.17. The van der Waals surface area contributed by atoms with Crippen LogP contribution in [0.2, 0.25) is 5.02 Å². The summed E-state index contributed by atoms with van der Waals surface area (Å²) in [6, 6.07) is 13.0. The van der Waals surface area contributed by atoms with Crippen LogP contribution in [-0.2, 0) is 10.0 Å². The lowest BCUT2D eigenvalue weighted by Crippen LogP contribution is -2.48. The van der Waals surface area contributed by atoms with Gasteiger partial charge in [0.05, 0.1) is 21.2 Å². The van der Waals surface area contributed by atoms with Crippen molar-refractivity contribution in [3.63, 3.8) is 0 Å². The number of sulfonamides is 1. The van der Waals surface area contributed by atoms with Crippen molar-refractivity contribution in [2.24, 2.45) is 0 Å². The van der Waals surface area contributed by atoms with Gasteiger partial charge in [-0.05, 0) is 54.6 Å². The van der Waals surface area contributed by atoms with Crippen molar-refractivity contribution in [1.82, 2.24) is 9.88 Å². The van der Waals surface area contributed by atoms with Gasteiger partial charge in [0.25, 0.3) is 15.9 Å². The predicted octanol–water partition coefficient (Wildman–Crippen LogP) is 3.66. The number of piperazine rings is 1. The Morgan fingerprint density at radius 1 is 1.00 bits per heavy atom. The second-order valence-corrected chi connectivity index (χ2v) is 9.95. The predicted molar refractivity (Wildman–Crippen MR) is 126 cm³/mol. The first-order chi connectivity index (χ1) is 15.8. The summed E-state index contributed by atoms with van der Waals surface area (Å²) in [7, 11) is -2.61. The number of amides is 1. The van der Waals surface area contributed by atoms with Crippen LogP contribution in [0.5, 0.6) is 0 Å². The van der Waals surface area contributed by atoms with Crippen LogP contribution >= 0.6 is 11.6 Å². The summed E-state index contributed by atoms with van der Waals surface area (Å²) in [5.74, 6) is -0.788. The van der Waals surface area contributed by atoms with Crippen LogP contribution in [0.4, 0.5) is 15.8 Å². The molecule has 1 aromatic heterocycles. The molecule has 0 saturated carbocycles. The van der Waals surface area contributed by atoms with Gasteiger partial charge in [-0.2, -0.15) is 0 Å². The van der Waals surface area contributed by atoms with Gasteiger partial charge < -0.3 is 9.80 Å². The van der Waals surface area contributed by atoms with Gasteiger partial charge in [0.1, 0.15) is 5.82 Å². The number of benzene rings is 2. The molecule has 7 nitrogen and oxygen atoms in total. The molecule has 1 fully saturated rings. The maximum atomic E-state index is 13.2. The molecule has 0 radical (unpaired) electrons. The molecule has 2 heterocycles. The van der Waals surface area contributed by atoms with Crippen LogP contribution in [0, 0.1) is 5.82 Å². The Kier molecular flexibility index (Phi) is 6.53. The fraction of sp³-hybridized carbons (Fsp3) is 0.217. The summed E-state index contributed by atoms with van der Waals surface area (Å²) in [4.78, 5) is 21.0. The van der Waals surface area contributed by atoms with E-state index in [1.54, 1.807) is 17.3 Å². The van der Waals surface area contributed by atoms with Gasteiger partial charge in [-0.1, -0.05) is 11.6 Å². The second-order valence-electron chi connectivity index (χ2n) is 7.58. The van der Waals surface area contributed by atoms with Gasteiger partial charge in [-0.25, -0.2) is 12.8 Å². The summed E-state index contributed by atoms with van der Waals surface area (Å²) in [6.07, 6.45) is 3.45. The van der Waals surface area contributed by atoms with E-state index in [0.717, 1.165) is 9.99 Å². The highest BCUT2D eigenvalue weighted by molar-refractivity contribution is 7.92. The minimum atomic E-state index is -3.99. The molecule has 33 heavy (non-hydrogen) atoms. The van der Waals surface area contributed by atoms with Crippen molar-refractivity contribution < 1.29 is 17.6 Å². The van der Waals surface area contributed by atoms with E-state index in [4.69, 9.17) is 11.6 Å². The van der Waals surface area contributed by atoms with Crippen molar-refractivity contribution in [1.29, 1.82) is 0 Å². The highest BCUT2D eigenvalue weighted by Gasteiger charge is 2.27. The topological polar surface area (TPSA) is 73.8 Å². The van der Waals surface area contributed by atoms with Gasteiger partial charge in [-0.15, -0.1) is 0 Å². The van der Waals surface area contributed by atoms with E-state index >= 15 is 0 Å². The molecule has 4 rings (SSSR count). The normalized spacial score (nSPS) is 14.3. The van der Waals surface area contributed by atoms with E-state index in [0.29, 0.717) is 31.9 Å². The third-order valence-corrected chi connectivity index (χ3v) is 7.72. The number of hydrogen-bond acceptors (Lipinski definition) is 5. The maximum absolute atomic E-state index is 13.2. The number of nitrogens with zero attached hydrogens (tertiary/aromatic N) is 4. The molecule has 0 unspecified atom stereocenters. The zero-order valence-electron chi connectivity index (χ0n) is 17.9. The summed E-state index contributed by atoms with van der Waals surface area (Å²) >= 11 is 6.28. The van der Waals surface area contributed by atoms with Gasteiger partial charge in [0, 0.05) is 51.3 Å². The first-order valence-corrected chi connectivity index (χ1v) is 12.1. The highest BCUT2D eigenvalue weighted by Crippen LogP contribution is 2.27. The molecule has 0 spiro atoms. The lowest BCUT2D eigenvalue weighted by molar-refractivity contribution is 0.0746. The molecule has 10 heteroatoms. The highest BCUT2D eigenvalue weighted by atomic mass is 35.5. The number of anilines is 2. The average molecular weight is 489 g/mol. The van der Waals surface area contributed by atoms with Crippen molar-refractivity contribution in [2.75, 3.05) is 42.4 Å². The Labute approximate surface area is 197 Å². The number of carbonyl (C=O) groups is 1. The molecule has 1 aliphatic rings. The first kappa shape index (κ1) is 23.0. The molecule has 1 amide bonds. The van der Waals surface area contributed by atoms with Gasteiger partial charge in [0.2, 0.25) is 0 Å². The van der Waals surface area contributed by atoms with Crippen LogP contribution in [0.25, 0.3) is 0 Å². The third-order valence-electron chi connectivity index (χ3n) is 5.61. The minimum absolute atomic E-state index is 0.0718. The molecule has 0 atom stereocenters. The van der Waals surface area contributed by atoms with Crippen molar-refractivity contribution in [3.8, 4) is 0 Å². The average Bonchev–Trinajstić information content (AvgIpc) is 2.84. The first-order valence-electron chi connectivity index (χ1n) is 10.3. The fourth-order valence-electron chi connectivity index (χ4n) is 3.67. The largest absolute Gasteiger partial charge is 0.368 e. The van der Waals surface area contributed by atoms with E-state index in [-0.39, 0.29) is 21.4 Å². The van der Waals surface area contributed by atoms with Crippen molar-refractivity contribution >= 4 is 38.9 Å². The Bertz CT molecular complexity index is 1250.